The molecule has 1 saturated heterocycles. The lowest BCUT2D eigenvalue weighted by Crippen LogP contribution is -2.36. The summed E-state index contributed by atoms with van der Waals surface area (Å²) in [7, 11) is 1.73. The second-order valence-corrected chi connectivity index (χ2v) is 7.61. The van der Waals surface area contributed by atoms with Crippen LogP contribution in [0.15, 0.2) is 23.0 Å². The summed E-state index contributed by atoms with van der Waals surface area (Å²) in [6.07, 6.45) is 2.27. The third-order valence-electron chi connectivity index (χ3n) is 5.42. The van der Waals surface area contributed by atoms with Gasteiger partial charge in [0.25, 0.3) is 5.56 Å². The summed E-state index contributed by atoms with van der Waals surface area (Å²) in [6.45, 7) is 7.48. The quantitative estimate of drug-likeness (QED) is 0.727. The maximum absolute atomic E-state index is 12.0. The highest BCUT2D eigenvalue weighted by Crippen LogP contribution is 2.27. The monoisotopic (exact) mass is 382 g/mol. The van der Waals surface area contributed by atoms with Gasteiger partial charge in [-0.25, -0.2) is 9.67 Å². The van der Waals surface area contributed by atoms with Crippen molar-refractivity contribution in [2.75, 3.05) is 20.2 Å². The predicted molar refractivity (Wildman–Crippen MR) is 106 cm³/mol. The number of piperidine rings is 1. The number of likely N-dealkylation sites (tertiary alicyclic amines) is 1. The minimum Gasteiger partial charge on any atom is -0.496 e. The second kappa shape index (κ2) is 7.71. The maximum atomic E-state index is 12.0. The van der Waals surface area contributed by atoms with E-state index in [0.717, 1.165) is 43.8 Å². The minimum atomic E-state index is -0.231. The molecule has 0 spiro atoms. The van der Waals surface area contributed by atoms with E-state index in [9.17, 15) is 4.79 Å². The van der Waals surface area contributed by atoms with Crippen LogP contribution in [0.4, 0.5) is 0 Å². The summed E-state index contributed by atoms with van der Waals surface area (Å²) in [5, 5.41) is 8.21. The standard InChI is InChI=1S/C20H26N6O2/c1-13-6-4-8-16(18(13)28-3)12-25-9-5-7-15(10-25)11-26-19-17(23-24-26)20(27)22-14(2)21-19/h4,6,8,15H,5,7,9-12H2,1-3H3,(H,21,22,27)/t15-/m0/s1. The van der Waals surface area contributed by atoms with Crippen molar-refractivity contribution in [2.24, 2.45) is 5.92 Å². The zero-order valence-electron chi connectivity index (χ0n) is 16.6. The average Bonchev–Trinajstić information content (AvgIpc) is 3.05. The highest BCUT2D eigenvalue weighted by Gasteiger charge is 2.23. The number of aryl methyl sites for hydroxylation is 2. The van der Waals surface area contributed by atoms with Crippen molar-refractivity contribution in [3.8, 4) is 5.75 Å². The Balaban J connectivity index is 1.49. The number of hydrogen-bond donors (Lipinski definition) is 1. The molecule has 1 fully saturated rings. The van der Waals surface area contributed by atoms with Gasteiger partial charge in [-0.3, -0.25) is 9.69 Å². The molecule has 4 rings (SSSR count). The first-order valence-corrected chi connectivity index (χ1v) is 9.70. The van der Waals surface area contributed by atoms with Crippen LogP contribution in [0.25, 0.3) is 11.2 Å². The molecular weight excluding hydrogens is 356 g/mol. The van der Waals surface area contributed by atoms with Gasteiger partial charge in [0.1, 0.15) is 11.6 Å². The third kappa shape index (κ3) is 3.64. The zero-order valence-corrected chi connectivity index (χ0v) is 16.6. The van der Waals surface area contributed by atoms with Crippen molar-refractivity contribution in [2.45, 2.75) is 39.8 Å². The number of nitrogens with one attached hydrogen (secondary N) is 1. The number of benzene rings is 1. The summed E-state index contributed by atoms with van der Waals surface area (Å²) >= 11 is 0. The molecule has 1 N–H and O–H groups in total. The lowest BCUT2D eigenvalue weighted by atomic mass is 9.97. The van der Waals surface area contributed by atoms with Crippen molar-refractivity contribution >= 4 is 11.2 Å². The van der Waals surface area contributed by atoms with Crippen molar-refractivity contribution < 1.29 is 4.74 Å². The Labute approximate surface area is 163 Å². The molecule has 1 aliphatic rings. The molecule has 0 radical (unpaired) electrons. The Morgan fingerprint density at radius 3 is 3.00 bits per heavy atom. The van der Waals surface area contributed by atoms with Gasteiger partial charge in [-0.15, -0.1) is 5.10 Å². The Morgan fingerprint density at radius 1 is 1.32 bits per heavy atom. The summed E-state index contributed by atoms with van der Waals surface area (Å²) in [6, 6.07) is 6.30. The van der Waals surface area contributed by atoms with Gasteiger partial charge in [-0.2, -0.15) is 0 Å². The predicted octanol–water partition coefficient (Wildman–Crippen LogP) is 2.05. The fourth-order valence-corrected chi connectivity index (χ4v) is 4.16. The molecule has 2 aromatic heterocycles. The molecule has 0 aliphatic carbocycles. The summed E-state index contributed by atoms with van der Waals surface area (Å²) in [5.41, 5.74) is 3.03. The van der Waals surface area contributed by atoms with Gasteiger partial charge < -0.3 is 9.72 Å². The van der Waals surface area contributed by atoms with Gasteiger partial charge in [-0.1, -0.05) is 23.4 Å². The van der Waals surface area contributed by atoms with E-state index in [1.165, 1.54) is 5.56 Å². The summed E-state index contributed by atoms with van der Waals surface area (Å²) in [5.74, 6) is 2.00. The van der Waals surface area contributed by atoms with Crippen molar-refractivity contribution in [3.05, 3.63) is 45.5 Å². The molecule has 0 bridgehead atoms. The van der Waals surface area contributed by atoms with Crippen LogP contribution in [0.2, 0.25) is 0 Å². The van der Waals surface area contributed by atoms with Crippen LogP contribution in [0.1, 0.15) is 29.8 Å². The molecule has 1 atom stereocenters. The van der Waals surface area contributed by atoms with Crippen molar-refractivity contribution in [1.29, 1.82) is 0 Å². The van der Waals surface area contributed by atoms with Crippen LogP contribution < -0.4 is 10.3 Å². The number of nitrogens with zero attached hydrogens (tertiary/aromatic N) is 5. The highest BCUT2D eigenvalue weighted by molar-refractivity contribution is 5.67. The average molecular weight is 382 g/mol. The topological polar surface area (TPSA) is 88.9 Å². The van der Waals surface area contributed by atoms with Crippen LogP contribution in [0.3, 0.4) is 0 Å². The van der Waals surface area contributed by atoms with Crippen molar-refractivity contribution in [3.63, 3.8) is 0 Å². The van der Waals surface area contributed by atoms with Gasteiger partial charge >= 0.3 is 0 Å². The molecule has 3 heterocycles. The largest absolute Gasteiger partial charge is 0.496 e. The molecular formula is C20H26N6O2. The molecule has 3 aromatic rings. The highest BCUT2D eigenvalue weighted by atomic mass is 16.5. The van der Waals surface area contributed by atoms with Gasteiger partial charge in [0.2, 0.25) is 0 Å². The molecule has 8 nitrogen and oxygen atoms in total. The number of methoxy groups -OCH3 is 1. The van der Waals surface area contributed by atoms with Gasteiger partial charge in [-0.05, 0) is 44.7 Å². The fraction of sp³-hybridized carbons (Fsp3) is 0.500. The van der Waals surface area contributed by atoms with Crippen LogP contribution in [-0.2, 0) is 13.1 Å². The number of ether oxygens (including phenoxy) is 1. The number of rotatable bonds is 5. The third-order valence-corrected chi connectivity index (χ3v) is 5.42. The van der Waals surface area contributed by atoms with Gasteiger partial charge in [0.15, 0.2) is 11.2 Å². The Bertz CT molecular complexity index is 1040. The minimum absolute atomic E-state index is 0.231. The van der Waals surface area contributed by atoms with E-state index in [4.69, 9.17) is 4.74 Å². The maximum Gasteiger partial charge on any atom is 0.281 e. The number of hydrogen-bond acceptors (Lipinski definition) is 6. The van der Waals surface area contributed by atoms with E-state index in [0.29, 0.717) is 29.5 Å². The Kier molecular flexibility index (Phi) is 5.13. The fourth-order valence-electron chi connectivity index (χ4n) is 4.16. The smallest absolute Gasteiger partial charge is 0.281 e. The second-order valence-electron chi connectivity index (χ2n) is 7.61. The van der Waals surface area contributed by atoms with Crippen molar-refractivity contribution in [1.82, 2.24) is 29.9 Å². The number of H-pyrrole nitrogens is 1. The molecule has 0 amide bonds. The normalized spacial score (nSPS) is 17.9. The SMILES string of the molecule is COc1c(C)cccc1CN1CCC[C@H](Cn2nnc3c(=O)[nH]c(C)nc32)C1. The van der Waals surface area contributed by atoms with Crippen LogP contribution >= 0.6 is 0 Å². The summed E-state index contributed by atoms with van der Waals surface area (Å²) < 4.78 is 7.39. The number of aromatic amines is 1. The van der Waals surface area contributed by atoms with E-state index in [1.54, 1.807) is 18.7 Å². The van der Waals surface area contributed by atoms with E-state index in [1.807, 2.05) is 0 Å². The molecule has 1 aromatic carbocycles. The van der Waals surface area contributed by atoms with E-state index in [-0.39, 0.29) is 5.56 Å². The van der Waals surface area contributed by atoms with Gasteiger partial charge in [0, 0.05) is 25.2 Å². The Hall–Kier alpha value is -2.74. The van der Waals surface area contributed by atoms with E-state index < -0.39 is 0 Å². The molecule has 0 saturated carbocycles. The molecule has 8 heteroatoms. The van der Waals surface area contributed by atoms with Crippen LogP contribution in [0, 0.1) is 19.8 Å². The van der Waals surface area contributed by atoms with Gasteiger partial charge in [0.05, 0.1) is 7.11 Å². The van der Waals surface area contributed by atoms with E-state index in [2.05, 4.69) is 50.3 Å². The molecule has 148 valence electrons. The summed E-state index contributed by atoms with van der Waals surface area (Å²) in [4.78, 5) is 21.6. The lowest BCUT2D eigenvalue weighted by Gasteiger charge is -2.33. The van der Waals surface area contributed by atoms with Crippen LogP contribution in [0.5, 0.6) is 5.75 Å². The number of aromatic nitrogens is 5. The number of para-hydroxylation sites is 1. The molecule has 28 heavy (non-hydrogen) atoms. The van der Waals surface area contributed by atoms with Crippen LogP contribution in [-0.4, -0.2) is 50.1 Å². The number of fused-ring (bicyclic) bond motifs is 1. The Morgan fingerprint density at radius 2 is 2.18 bits per heavy atom. The zero-order chi connectivity index (χ0) is 19.7. The van der Waals surface area contributed by atoms with E-state index >= 15 is 0 Å². The lowest BCUT2D eigenvalue weighted by molar-refractivity contribution is 0.152. The first kappa shape index (κ1) is 18.6. The molecule has 1 aliphatic heterocycles. The first-order valence-electron chi connectivity index (χ1n) is 9.70. The molecule has 0 unspecified atom stereocenters. The first-order chi connectivity index (χ1) is 13.5.